The molecule has 0 heterocycles. The lowest BCUT2D eigenvalue weighted by atomic mass is 10.2. The number of carboxylic acid groups (broad SMARTS) is 1. The number of hydrogen-bond donors (Lipinski definition) is 2. The Kier molecular flexibility index (Phi) is 4.15. The number of alkyl carbamates (subject to hydrolysis) is 1. The van der Waals surface area contributed by atoms with Gasteiger partial charge in [-0.05, 0) is 18.8 Å². The highest BCUT2D eigenvalue weighted by Crippen LogP contribution is 2.40. The number of carbonyl (C=O) groups excluding carboxylic acids is 1. The zero-order valence-electron chi connectivity index (χ0n) is 8.44. The zero-order chi connectivity index (χ0) is 11.3. The van der Waals surface area contributed by atoms with Crippen molar-refractivity contribution in [2.75, 3.05) is 13.2 Å². The first-order chi connectivity index (χ1) is 7.15. The molecule has 0 spiro atoms. The number of rotatable bonds is 6. The smallest absolute Gasteiger partial charge is 0.407 e. The molecule has 0 aromatic rings. The van der Waals surface area contributed by atoms with Crippen LogP contribution in [-0.4, -0.2) is 30.3 Å². The predicted molar refractivity (Wildman–Crippen MR) is 53.4 cm³/mol. The lowest BCUT2D eigenvalue weighted by molar-refractivity contribution is -0.138. The maximum Gasteiger partial charge on any atom is 0.407 e. The first-order valence-corrected chi connectivity index (χ1v) is 4.89. The Morgan fingerprint density at radius 3 is 2.87 bits per heavy atom. The lowest BCUT2D eigenvalue weighted by Crippen LogP contribution is -2.25. The van der Waals surface area contributed by atoms with Gasteiger partial charge in [-0.1, -0.05) is 12.7 Å². The fourth-order valence-electron chi connectivity index (χ4n) is 1.41. The van der Waals surface area contributed by atoms with Gasteiger partial charge in [0.25, 0.3) is 0 Å². The molecule has 1 aliphatic carbocycles. The number of carboxylic acids is 1. The third kappa shape index (κ3) is 4.01. The minimum Gasteiger partial charge on any atom is -0.481 e. The van der Waals surface area contributed by atoms with Gasteiger partial charge in [-0.15, -0.1) is 0 Å². The molecular formula is C10H15NO4. The van der Waals surface area contributed by atoms with Crippen molar-refractivity contribution >= 4 is 12.1 Å². The summed E-state index contributed by atoms with van der Waals surface area (Å²) in [7, 11) is 0. The van der Waals surface area contributed by atoms with E-state index in [1.807, 2.05) is 0 Å². The first-order valence-electron chi connectivity index (χ1n) is 4.89. The van der Waals surface area contributed by atoms with Crippen LogP contribution in [-0.2, 0) is 9.53 Å². The molecule has 0 bridgehead atoms. The quantitative estimate of drug-likeness (QED) is 0.645. The van der Waals surface area contributed by atoms with E-state index in [1.54, 1.807) is 0 Å². The summed E-state index contributed by atoms with van der Waals surface area (Å²) < 4.78 is 4.68. The van der Waals surface area contributed by atoms with Gasteiger partial charge in [0, 0.05) is 6.54 Å². The van der Waals surface area contributed by atoms with E-state index in [-0.39, 0.29) is 18.4 Å². The van der Waals surface area contributed by atoms with Crippen molar-refractivity contribution in [3.8, 4) is 0 Å². The van der Waals surface area contributed by atoms with Crippen molar-refractivity contribution in [3.63, 3.8) is 0 Å². The number of carbonyl (C=O) groups is 2. The Balaban J connectivity index is 2.00. The average molecular weight is 213 g/mol. The van der Waals surface area contributed by atoms with Gasteiger partial charge in [-0.25, -0.2) is 4.79 Å². The third-order valence-electron chi connectivity index (χ3n) is 2.36. The van der Waals surface area contributed by atoms with E-state index < -0.39 is 12.1 Å². The summed E-state index contributed by atoms with van der Waals surface area (Å²) in [5, 5.41) is 11.2. The van der Waals surface area contributed by atoms with Crippen molar-refractivity contribution in [1.29, 1.82) is 0 Å². The molecule has 0 aliphatic heterocycles. The number of hydrogen-bond acceptors (Lipinski definition) is 3. The molecule has 0 saturated heterocycles. The molecule has 5 nitrogen and oxygen atoms in total. The molecule has 1 fully saturated rings. The Hall–Kier alpha value is -1.52. The fraction of sp³-hybridized carbons (Fsp3) is 0.600. The van der Waals surface area contributed by atoms with Crippen LogP contribution in [0, 0.1) is 11.8 Å². The Morgan fingerprint density at radius 2 is 2.33 bits per heavy atom. The minimum atomic E-state index is -0.741. The van der Waals surface area contributed by atoms with Gasteiger partial charge >= 0.3 is 12.1 Å². The highest BCUT2D eigenvalue weighted by molar-refractivity contribution is 5.73. The third-order valence-corrected chi connectivity index (χ3v) is 2.36. The maximum atomic E-state index is 10.9. The second kappa shape index (κ2) is 5.38. The molecule has 1 amide bonds. The van der Waals surface area contributed by atoms with Gasteiger partial charge in [-0.3, -0.25) is 4.79 Å². The van der Waals surface area contributed by atoms with Gasteiger partial charge in [0.05, 0.1) is 5.92 Å². The largest absolute Gasteiger partial charge is 0.481 e. The lowest BCUT2D eigenvalue weighted by Gasteiger charge is -2.04. The average Bonchev–Trinajstić information content (AvgIpc) is 2.94. The summed E-state index contributed by atoms with van der Waals surface area (Å²) in [4.78, 5) is 21.4. The number of ether oxygens (including phenoxy) is 1. The molecule has 1 saturated carbocycles. The normalized spacial score (nSPS) is 22.9. The van der Waals surface area contributed by atoms with Gasteiger partial charge in [0.15, 0.2) is 0 Å². The molecule has 2 N–H and O–H groups in total. The fourth-order valence-corrected chi connectivity index (χ4v) is 1.41. The second-order valence-corrected chi connectivity index (χ2v) is 3.54. The molecule has 5 heteroatoms. The Bertz CT molecular complexity index is 264. The molecule has 0 radical (unpaired) electrons. The molecule has 0 aromatic carbocycles. The van der Waals surface area contributed by atoms with Crippen LogP contribution in [0.4, 0.5) is 4.79 Å². The summed E-state index contributed by atoms with van der Waals surface area (Å²) in [6.07, 6.45) is 2.42. The van der Waals surface area contributed by atoms with E-state index in [1.165, 1.54) is 6.08 Å². The van der Waals surface area contributed by atoms with Crippen molar-refractivity contribution < 1.29 is 19.4 Å². The van der Waals surface area contributed by atoms with E-state index in [4.69, 9.17) is 5.11 Å². The first kappa shape index (κ1) is 11.6. The summed E-state index contributed by atoms with van der Waals surface area (Å²) in [6, 6.07) is 0. The van der Waals surface area contributed by atoms with Gasteiger partial charge in [-0.2, -0.15) is 0 Å². The van der Waals surface area contributed by atoms with Gasteiger partial charge in [0.2, 0.25) is 0 Å². The van der Waals surface area contributed by atoms with E-state index >= 15 is 0 Å². The SMILES string of the molecule is C=CCOC(=O)NCC[C@@H]1C[C@H]1C(=O)O. The molecular weight excluding hydrogens is 198 g/mol. The Labute approximate surface area is 88.1 Å². The predicted octanol–water partition coefficient (Wildman–Crippen LogP) is 1.01. The molecule has 84 valence electrons. The summed E-state index contributed by atoms with van der Waals surface area (Å²) in [5.74, 6) is -0.743. The van der Waals surface area contributed by atoms with E-state index in [9.17, 15) is 9.59 Å². The van der Waals surface area contributed by atoms with Crippen LogP contribution in [0.2, 0.25) is 0 Å². The van der Waals surface area contributed by atoms with Crippen LogP contribution in [0.15, 0.2) is 12.7 Å². The highest BCUT2D eigenvalue weighted by Gasteiger charge is 2.42. The van der Waals surface area contributed by atoms with Gasteiger partial charge in [0.1, 0.15) is 6.61 Å². The van der Waals surface area contributed by atoms with Crippen LogP contribution in [0.25, 0.3) is 0 Å². The van der Waals surface area contributed by atoms with Crippen LogP contribution in [0.1, 0.15) is 12.8 Å². The van der Waals surface area contributed by atoms with E-state index in [2.05, 4.69) is 16.6 Å². The number of nitrogens with one attached hydrogen (secondary N) is 1. The van der Waals surface area contributed by atoms with Crippen LogP contribution in [0.3, 0.4) is 0 Å². The van der Waals surface area contributed by atoms with Crippen LogP contribution < -0.4 is 5.32 Å². The molecule has 0 unspecified atom stereocenters. The minimum absolute atomic E-state index is 0.188. The standard InChI is InChI=1S/C10H15NO4/c1-2-5-15-10(14)11-4-3-7-6-8(7)9(12)13/h2,7-8H,1,3-6H2,(H,11,14)(H,12,13)/t7-,8-/m1/s1. The van der Waals surface area contributed by atoms with E-state index in [0.717, 1.165) is 6.42 Å². The van der Waals surface area contributed by atoms with Gasteiger partial charge < -0.3 is 15.2 Å². The molecule has 2 atom stereocenters. The molecule has 15 heavy (non-hydrogen) atoms. The molecule has 0 aromatic heterocycles. The van der Waals surface area contributed by atoms with E-state index in [0.29, 0.717) is 13.0 Å². The van der Waals surface area contributed by atoms with Crippen LogP contribution in [0.5, 0.6) is 0 Å². The van der Waals surface area contributed by atoms with Crippen molar-refractivity contribution in [2.45, 2.75) is 12.8 Å². The monoisotopic (exact) mass is 213 g/mol. The summed E-state index contributed by atoms with van der Waals surface area (Å²) >= 11 is 0. The van der Waals surface area contributed by atoms with Crippen LogP contribution >= 0.6 is 0 Å². The molecule has 1 aliphatic rings. The summed E-state index contributed by atoms with van der Waals surface area (Å²) in [6.45, 7) is 4.06. The number of amides is 1. The zero-order valence-corrected chi connectivity index (χ0v) is 8.44. The second-order valence-electron chi connectivity index (χ2n) is 3.54. The Morgan fingerprint density at radius 1 is 1.60 bits per heavy atom. The van der Waals surface area contributed by atoms with Crippen molar-refractivity contribution in [2.24, 2.45) is 11.8 Å². The number of aliphatic carboxylic acids is 1. The van der Waals surface area contributed by atoms with Crippen molar-refractivity contribution in [3.05, 3.63) is 12.7 Å². The molecule has 1 rings (SSSR count). The topological polar surface area (TPSA) is 75.6 Å². The van der Waals surface area contributed by atoms with Crippen molar-refractivity contribution in [1.82, 2.24) is 5.32 Å². The summed E-state index contributed by atoms with van der Waals surface area (Å²) in [5.41, 5.74) is 0. The maximum absolute atomic E-state index is 10.9. The highest BCUT2D eigenvalue weighted by atomic mass is 16.5.